The highest BCUT2D eigenvalue weighted by molar-refractivity contribution is 5.87. The minimum atomic E-state index is -0.807. The van der Waals surface area contributed by atoms with Crippen LogP contribution in [0.1, 0.15) is 28.4 Å². The van der Waals surface area contributed by atoms with E-state index in [1.54, 1.807) is 0 Å². The number of rotatable bonds is 2. The summed E-state index contributed by atoms with van der Waals surface area (Å²) in [5.41, 5.74) is 5.51. The van der Waals surface area contributed by atoms with E-state index in [0.717, 1.165) is 27.7 Å². The molecule has 0 bridgehead atoms. The number of benzene rings is 2. The SMILES string of the molecule is Cc1ccc([C@H]2N[C@H](C(=O)O)Cc3c2[nH]c2ccccc32)cc1. The zero-order valence-electron chi connectivity index (χ0n) is 12.8. The Morgan fingerprint density at radius 1 is 1.13 bits per heavy atom. The molecular formula is C19H18N2O2. The summed E-state index contributed by atoms with van der Waals surface area (Å²) in [5.74, 6) is -0.807. The molecule has 0 unspecified atom stereocenters. The summed E-state index contributed by atoms with van der Waals surface area (Å²) < 4.78 is 0. The second-order valence-corrected chi connectivity index (χ2v) is 6.17. The van der Waals surface area contributed by atoms with E-state index in [2.05, 4.69) is 40.6 Å². The molecule has 23 heavy (non-hydrogen) atoms. The van der Waals surface area contributed by atoms with Gasteiger partial charge in [-0.15, -0.1) is 0 Å². The Labute approximate surface area is 134 Å². The number of hydrogen-bond donors (Lipinski definition) is 3. The molecule has 2 heterocycles. The molecule has 2 aromatic carbocycles. The van der Waals surface area contributed by atoms with Crippen LogP contribution in [-0.4, -0.2) is 22.1 Å². The molecule has 4 heteroatoms. The first-order valence-electron chi connectivity index (χ1n) is 7.78. The molecule has 4 nitrogen and oxygen atoms in total. The average Bonchev–Trinajstić information content (AvgIpc) is 2.93. The lowest BCUT2D eigenvalue weighted by molar-refractivity contribution is -0.139. The number of aryl methyl sites for hydroxylation is 1. The molecular weight excluding hydrogens is 288 g/mol. The van der Waals surface area contributed by atoms with E-state index < -0.39 is 12.0 Å². The lowest BCUT2D eigenvalue weighted by Crippen LogP contribution is -2.44. The third kappa shape index (κ3) is 2.32. The molecule has 3 N–H and O–H groups in total. The summed E-state index contributed by atoms with van der Waals surface area (Å²) >= 11 is 0. The van der Waals surface area contributed by atoms with Gasteiger partial charge in [-0.3, -0.25) is 10.1 Å². The lowest BCUT2D eigenvalue weighted by Gasteiger charge is -2.29. The van der Waals surface area contributed by atoms with Crippen molar-refractivity contribution in [3.05, 3.63) is 70.9 Å². The highest BCUT2D eigenvalue weighted by Gasteiger charge is 2.33. The minimum absolute atomic E-state index is 0.132. The van der Waals surface area contributed by atoms with Crippen LogP contribution in [-0.2, 0) is 11.2 Å². The molecule has 2 atom stereocenters. The molecule has 0 saturated carbocycles. The molecule has 0 aliphatic carbocycles. The van der Waals surface area contributed by atoms with E-state index >= 15 is 0 Å². The zero-order chi connectivity index (χ0) is 16.0. The van der Waals surface area contributed by atoms with Crippen LogP contribution in [0.3, 0.4) is 0 Å². The van der Waals surface area contributed by atoms with Crippen molar-refractivity contribution in [3.8, 4) is 0 Å². The van der Waals surface area contributed by atoms with Gasteiger partial charge in [-0.1, -0.05) is 48.0 Å². The summed E-state index contributed by atoms with van der Waals surface area (Å²) in [6.45, 7) is 2.05. The molecule has 4 rings (SSSR count). The normalized spacial score (nSPS) is 20.4. The molecule has 1 aromatic heterocycles. The topological polar surface area (TPSA) is 65.1 Å². The summed E-state index contributed by atoms with van der Waals surface area (Å²) in [6.07, 6.45) is 0.497. The number of hydrogen-bond acceptors (Lipinski definition) is 2. The minimum Gasteiger partial charge on any atom is -0.480 e. The van der Waals surface area contributed by atoms with E-state index in [1.807, 2.05) is 25.1 Å². The van der Waals surface area contributed by atoms with Crippen molar-refractivity contribution < 1.29 is 9.90 Å². The smallest absolute Gasteiger partial charge is 0.321 e. The van der Waals surface area contributed by atoms with Crippen LogP contribution >= 0.6 is 0 Å². The molecule has 0 spiro atoms. The predicted molar refractivity (Wildman–Crippen MR) is 89.6 cm³/mol. The van der Waals surface area contributed by atoms with Crippen molar-refractivity contribution in [3.63, 3.8) is 0 Å². The van der Waals surface area contributed by atoms with Crippen LogP contribution in [0.25, 0.3) is 10.9 Å². The van der Waals surface area contributed by atoms with Crippen molar-refractivity contribution in [2.24, 2.45) is 0 Å². The van der Waals surface area contributed by atoms with Crippen LogP contribution in [0.15, 0.2) is 48.5 Å². The number of carboxylic acids is 1. The second-order valence-electron chi connectivity index (χ2n) is 6.17. The monoisotopic (exact) mass is 306 g/mol. The van der Waals surface area contributed by atoms with Gasteiger partial charge in [0.1, 0.15) is 6.04 Å². The number of carbonyl (C=O) groups is 1. The fourth-order valence-corrected chi connectivity index (χ4v) is 3.42. The van der Waals surface area contributed by atoms with Gasteiger partial charge in [-0.2, -0.15) is 0 Å². The Balaban J connectivity index is 1.89. The zero-order valence-corrected chi connectivity index (χ0v) is 12.8. The van der Waals surface area contributed by atoms with E-state index in [1.165, 1.54) is 5.56 Å². The molecule has 0 amide bonds. The quantitative estimate of drug-likeness (QED) is 0.681. The van der Waals surface area contributed by atoms with Crippen molar-refractivity contribution >= 4 is 16.9 Å². The van der Waals surface area contributed by atoms with Crippen LogP contribution in [0.2, 0.25) is 0 Å². The molecule has 1 aliphatic heterocycles. The van der Waals surface area contributed by atoms with E-state index in [0.29, 0.717) is 6.42 Å². The summed E-state index contributed by atoms with van der Waals surface area (Å²) in [4.78, 5) is 15.1. The van der Waals surface area contributed by atoms with E-state index in [9.17, 15) is 9.90 Å². The fourth-order valence-electron chi connectivity index (χ4n) is 3.42. The van der Waals surface area contributed by atoms with Gasteiger partial charge in [-0.25, -0.2) is 0 Å². The van der Waals surface area contributed by atoms with Gasteiger partial charge in [0.2, 0.25) is 0 Å². The Bertz CT molecular complexity index is 880. The number of nitrogens with one attached hydrogen (secondary N) is 2. The van der Waals surface area contributed by atoms with E-state index in [4.69, 9.17) is 0 Å². The van der Waals surface area contributed by atoms with Crippen LogP contribution in [0.5, 0.6) is 0 Å². The van der Waals surface area contributed by atoms with Crippen molar-refractivity contribution in [1.82, 2.24) is 10.3 Å². The van der Waals surface area contributed by atoms with Gasteiger partial charge in [0.05, 0.1) is 6.04 Å². The first-order chi connectivity index (χ1) is 11.1. The molecule has 3 aromatic rings. The standard InChI is InChI=1S/C19H18N2O2/c1-11-6-8-12(9-7-11)17-18-14(10-16(21-17)19(22)23)13-4-2-3-5-15(13)20-18/h2-9,16-17,20-21H,10H2,1H3,(H,22,23)/t16-,17+/m0/s1. The largest absolute Gasteiger partial charge is 0.480 e. The predicted octanol–water partition coefficient (Wildman–Crippen LogP) is 3.16. The fraction of sp³-hybridized carbons (Fsp3) is 0.211. The van der Waals surface area contributed by atoms with Gasteiger partial charge in [0, 0.05) is 23.0 Å². The Morgan fingerprint density at radius 3 is 2.61 bits per heavy atom. The Kier molecular flexibility index (Phi) is 3.20. The van der Waals surface area contributed by atoms with Crippen LogP contribution in [0, 0.1) is 6.92 Å². The van der Waals surface area contributed by atoms with Gasteiger partial charge in [0.15, 0.2) is 0 Å². The lowest BCUT2D eigenvalue weighted by atomic mass is 9.90. The number of carboxylic acid groups (broad SMARTS) is 1. The maximum Gasteiger partial charge on any atom is 0.321 e. The molecule has 1 aliphatic rings. The third-order valence-corrected chi connectivity index (χ3v) is 4.62. The summed E-state index contributed by atoms with van der Waals surface area (Å²) in [5, 5.41) is 13.9. The highest BCUT2D eigenvalue weighted by atomic mass is 16.4. The third-order valence-electron chi connectivity index (χ3n) is 4.62. The second kappa shape index (κ2) is 5.25. The Morgan fingerprint density at radius 2 is 1.87 bits per heavy atom. The number of fused-ring (bicyclic) bond motifs is 3. The number of para-hydroxylation sites is 1. The van der Waals surface area contributed by atoms with Crippen LogP contribution in [0.4, 0.5) is 0 Å². The Hall–Kier alpha value is -2.59. The number of H-pyrrole nitrogens is 1. The van der Waals surface area contributed by atoms with Gasteiger partial charge >= 0.3 is 5.97 Å². The first kappa shape index (κ1) is 14.0. The highest BCUT2D eigenvalue weighted by Crippen LogP contribution is 2.35. The van der Waals surface area contributed by atoms with Gasteiger partial charge in [-0.05, 0) is 24.1 Å². The van der Waals surface area contributed by atoms with Gasteiger partial charge < -0.3 is 10.1 Å². The average molecular weight is 306 g/mol. The van der Waals surface area contributed by atoms with Gasteiger partial charge in [0.25, 0.3) is 0 Å². The van der Waals surface area contributed by atoms with Crippen molar-refractivity contribution in [1.29, 1.82) is 0 Å². The number of aliphatic carboxylic acids is 1. The van der Waals surface area contributed by atoms with Crippen molar-refractivity contribution in [2.75, 3.05) is 0 Å². The number of aromatic nitrogens is 1. The maximum atomic E-state index is 11.6. The summed E-state index contributed by atoms with van der Waals surface area (Å²) in [6, 6.07) is 15.6. The first-order valence-corrected chi connectivity index (χ1v) is 7.78. The number of aromatic amines is 1. The molecule has 0 fully saturated rings. The molecule has 0 radical (unpaired) electrons. The maximum absolute atomic E-state index is 11.6. The van der Waals surface area contributed by atoms with E-state index in [-0.39, 0.29) is 6.04 Å². The molecule has 116 valence electrons. The summed E-state index contributed by atoms with van der Waals surface area (Å²) in [7, 11) is 0. The van der Waals surface area contributed by atoms with Crippen molar-refractivity contribution in [2.45, 2.75) is 25.4 Å². The van der Waals surface area contributed by atoms with Crippen LogP contribution < -0.4 is 5.32 Å². The molecule has 0 saturated heterocycles.